The molecule has 6 heteroatoms. The molecule has 1 heterocycles. The highest BCUT2D eigenvalue weighted by Gasteiger charge is 2.40. The van der Waals surface area contributed by atoms with E-state index in [1.165, 1.54) is 16.7 Å². The maximum Gasteiger partial charge on any atom is 0.272 e. The average Bonchev–Trinajstić information content (AvgIpc) is 2.92. The Bertz CT molecular complexity index is 918. The Balaban J connectivity index is 2.00. The number of carbonyl (C=O) groups is 2. The largest absolute Gasteiger partial charge is 0.497 e. The first kappa shape index (κ1) is 20.0. The van der Waals surface area contributed by atoms with Gasteiger partial charge in [0.25, 0.3) is 11.8 Å². The molecule has 1 aliphatic rings. The Morgan fingerprint density at radius 2 is 1.71 bits per heavy atom. The van der Waals surface area contributed by atoms with Crippen molar-refractivity contribution in [2.75, 3.05) is 17.8 Å². The number of methoxy groups -OCH3 is 1. The van der Waals surface area contributed by atoms with Crippen molar-refractivity contribution in [3.63, 3.8) is 0 Å². The molecule has 2 aromatic rings. The summed E-state index contributed by atoms with van der Waals surface area (Å²) in [5.41, 5.74) is 1.63. The number of amides is 2. The quantitative estimate of drug-likeness (QED) is 0.643. The topological polar surface area (TPSA) is 55.8 Å². The van der Waals surface area contributed by atoms with Crippen LogP contribution in [0, 0.1) is 0 Å². The van der Waals surface area contributed by atoms with Crippen LogP contribution in [0.1, 0.15) is 26.3 Å². The first-order chi connectivity index (χ1) is 13.5. The number of ether oxygens (including phenoxy) is 2. The Kier molecular flexibility index (Phi) is 6.09. The summed E-state index contributed by atoms with van der Waals surface area (Å²) in [7, 11) is 1.55. The predicted octanol–water partition coefficient (Wildman–Crippen LogP) is 4.52. The van der Waals surface area contributed by atoms with Crippen molar-refractivity contribution in [1.82, 2.24) is 0 Å². The minimum absolute atomic E-state index is 0.0644. The highest BCUT2D eigenvalue weighted by atomic mass is 32.2. The minimum Gasteiger partial charge on any atom is -0.497 e. The van der Waals surface area contributed by atoms with Crippen molar-refractivity contribution in [3.05, 3.63) is 59.0 Å². The van der Waals surface area contributed by atoms with E-state index in [1.807, 2.05) is 45.0 Å². The lowest BCUT2D eigenvalue weighted by atomic mass is 10.1. The van der Waals surface area contributed by atoms with Crippen molar-refractivity contribution >= 4 is 34.8 Å². The van der Waals surface area contributed by atoms with Crippen molar-refractivity contribution in [1.29, 1.82) is 0 Å². The van der Waals surface area contributed by atoms with Gasteiger partial charge in [0, 0.05) is 6.07 Å². The number of benzene rings is 2. The van der Waals surface area contributed by atoms with Crippen molar-refractivity contribution < 1.29 is 19.1 Å². The molecule has 0 fully saturated rings. The fraction of sp³-hybridized carbons (Fsp3) is 0.273. The van der Waals surface area contributed by atoms with E-state index in [2.05, 4.69) is 0 Å². The van der Waals surface area contributed by atoms with E-state index < -0.39 is 0 Å². The molecular weight excluding hydrogens is 374 g/mol. The summed E-state index contributed by atoms with van der Waals surface area (Å²) in [5.74, 6) is 1.38. The Morgan fingerprint density at radius 1 is 1.00 bits per heavy atom. The highest BCUT2D eigenvalue weighted by molar-refractivity contribution is 8.04. The van der Waals surface area contributed by atoms with Crippen LogP contribution in [0.3, 0.4) is 0 Å². The van der Waals surface area contributed by atoms with E-state index in [9.17, 15) is 9.59 Å². The van der Waals surface area contributed by atoms with Crippen LogP contribution in [0.4, 0.5) is 5.69 Å². The lowest BCUT2D eigenvalue weighted by Crippen LogP contribution is -2.31. The smallest absolute Gasteiger partial charge is 0.272 e. The minimum atomic E-state index is -0.327. The molecule has 3 rings (SSSR count). The van der Waals surface area contributed by atoms with Crippen LogP contribution in [0.25, 0.3) is 5.57 Å². The van der Waals surface area contributed by atoms with Crippen LogP contribution in [-0.4, -0.2) is 30.8 Å². The normalized spacial score (nSPS) is 14.2. The molecule has 0 aliphatic carbocycles. The molecule has 0 aromatic heterocycles. The second kappa shape index (κ2) is 8.52. The predicted molar refractivity (Wildman–Crippen MR) is 113 cm³/mol. The molecule has 2 aromatic carbocycles. The van der Waals surface area contributed by atoms with E-state index >= 15 is 0 Å². The van der Waals surface area contributed by atoms with Crippen molar-refractivity contribution in [2.45, 2.75) is 26.9 Å². The first-order valence-electron chi connectivity index (χ1n) is 9.13. The summed E-state index contributed by atoms with van der Waals surface area (Å²) in [6.07, 6.45) is 0.0644. The summed E-state index contributed by atoms with van der Waals surface area (Å²) in [5, 5.41) is 0. The third-order valence-corrected chi connectivity index (χ3v) is 5.11. The number of rotatable bonds is 7. The van der Waals surface area contributed by atoms with Crippen LogP contribution >= 0.6 is 11.8 Å². The van der Waals surface area contributed by atoms with Crippen LogP contribution in [0.5, 0.6) is 11.5 Å². The van der Waals surface area contributed by atoms with Crippen LogP contribution in [0.15, 0.2) is 53.4 Å². The zero-order valence-electron chi connectivity index (χ0n) is 16.4. The molecule has 0 N–H and O–H groups in total. The number of thioether (sulfide) groups is 1. The van der Waals surface area contributed by atoms with Gasteiger partial charge in [0.15, 0.2) is 0 Å². The number of carbonyl (C=O) groups excluding carboxylic acids is 2. The molecule has 1 aliphatic heterocycles. The SMILES string of the molecule is CCSC1=C(c2ccc(OC(C)C)cc2)C(=O)N(c2cccc(OC)c2)C1=O. The molecule has 0 atom stereocenters. The third kappa shape index (κ3) is 3.92. The maximum atomic E-state index is 13.2. The van der Waals surface area contributed by atoms with Crippen LogP contribution in [-0.2, 0) is 9.59 Å². The molecular formula is C22H23NO4S. The van der Waals surface area contributed by atoms with Gasteiger partial charge in [0.1, 0.15) is 11.5 Å². The molecule has 28 heavy (non-hydrogen) atoms. The summed E-state index contributed by atoms with van der Waals surface area (Å²) in [4.78, 5) is 28.0. The van der Waals surface area contributed by atoms with Crippen LogP contribution < -0.4 is 14.4 Å². The lowest BCUT2D eigenvalue weighted by molar-refractivity contribution is -0.119. The summed E-state index contributed by atoms with van der Waals surface area (Å²) >= 11 is 1.38. The summed E-state index contributed by atoms with van der Waals surface area (Å²) in [6, 6.07) is 14.2. The van der Waals surface area contributed by atoms with Crippen molar-refractivity contribution in [3.8, 4) is 11.5 Å². The van der Waals surface area contributed by atoms with E-state index in [0.29, 0.717) is 33.2 Å². The van der Waals surface area contributed by atoms with Gasteiger partial charge in [-0.2, -0.15) is 0 Å². The molecule has 0 spiro atoms. The molecule has 0 radical (unpaired) electrons. The molecule has 146 valence electrons. The highest BCUT2D eigenvalue weighted by Crippen LogP contribution is 2.39. The standard InChI is InChI=1S/C22H23NO4S/c1-5-28-20-19(15-9-11-17(12-10-15)27-14(2)3)21(24)23(22(20)25)16-7-6-8-18(13-16)26-4/h6-14H,5H2,1-4H3. The second-order valence-electron chi connectivity index (χ2n) is 6.48. The zero-order valence-corrected chi connectivity index (χ0v) is 17.2. The van der Waals surface area contributed by atoms with Gasteiger partial charge in [-0.05, 0) is 49.4 Å². The number of hydrogen-bond donors (Lipinski definition) is 0. The Morgan fingerprint density at radius 3 is 2.32 bits per heavy atom. The third-order valence-electron chi connectivity index (χ3n) is 4.16. The van der Waals surface area contributed by atoms with Gasteiger partial charge < -0.3 is 9.47 Å². The molecule has 0 saturated heterocycles. The summed E-state index contributed by atoms with van der Waals surface area (Å²) in [6.45, 7) is 5.87. The molecule has 0 saturated carbocycles. The number of nitrogens with zero attached hydrogens (tertiary/aromatic N) is 1. The van der Waals surface area contributed by atoms with Gasteiger partial charge in [-0.25, -0.2) is 4.90 Å². The summed E-state index contributed by atoms with van der Waals surface area (Å²) < 4.78 is 10.9. The van der Waals surface area contributed by atoms with E-state index in [1.54, 1.807) is 31.4 Å². The number of anilines is 1. The van der Waals surface area contributed by atoms with E-state index in [0.717, 1.165) is 5.75 Å². The Hall–Kier alpha value is -2.73. The zero-order chi connectivity index (χ0) is 20.3. The van der Waals surface area contributed by atoms with E-state index in [4.69, 9.17) is 9.47 Å². The average molecular weight is 397 g/mol. The van der Waals surface area contributed by atoms with Crippen LogP contribution in [0.2, 0.25) is 0 Å². The van der Waals surface area contributed by atoms with Gasteiger partial charge in [-0.1, -0.05) is 25.1 Å². The first-order valence-corrected chi connectivity index (χ1v) is 10.1. The monoisotopic (exact) mass is 397 g/mol. The number of imide groups is 1. The van der Waals surface area contributed by atoms with Gasteiger partial charge in [0.05, 0.1) is 29.4 Å². The van der Waals surface area contributed by atoms with Gasteiger partial charge in [-0.3, -0.25) is 9.59 Å². The molecule has 2 amide bonds. The second-order valence-corrected chi connectivity index (χ2v) is 7.75. The van der Waals surface area contributed by atoms with Gasteiger partial charge >= 0.3 is 0 Å². The molecule has 5 nitrogen and oxygen atoms in total. The van der Waals surface area contributed by atoms with E-state index in [-0.39, 0.29) is 17.9 Å². The maximum absolute atomic E-state index is 13.2. The lowest BCUT2D eigenvalue weighted by Gasteiger charge is -2.16. The number of hydrogen-bond acceptors (Lipinski definition) is 5. The molecule has 0 bridgehead atoms. The van der Waals surface area contributed by atoms with Gasteiger partial charge in [0.2, 0.25) is 0 Å². The molecule has 0 unspecified atom stereocenters. The fourth-order valence-corrected chi connectivity index (χ4v) is 3.85. The fourth-order valence-electron chi connectivity index (χ4n) is 3.00. The Labute approximate surface area is 169 Å². The van der Waals surface area contributed by atoms with Crippen molar-refractivity contribution in [2.24, 2.45) is 0 Å². The van der Waals surface area contributed by atoms with Gasteiger partial charge in [-0.15, -0.1) is 11.8 Å².